The second-order valence-corrected chi connectivity index (χ2v) is 4.77. The van der Waals surface area contributed by atoms with E-state index in [9.17, 15) is 0 Å². The number of nitrogen functional groups attached to an aromatic ring is 1. The van der Waals surface area contributed by atoms with Gasteiger partial charge in [0.15, 0.2) is 0 Å². The highest BCUT2D eigenvalue weighted by atomic mass is 35.5. The molecule has 1 aromatic carbocycles. The average molecular weight is 302 g/mol. The molecule has 0 radical (unpaired) electrons. The highest BCUT2D eigenvalue weighted by molar-refractivity contribution is 6.31. The van der Waals surface area contributed by atoms with Crippen molar-refractivity contribution in [2.24, 2.45) is 0 Å². The smallest absolute Gasteiger partial charge is 0.230 e. The largest absolute Gasteiger partial charge is 0.496 e. The fourth-order valence-corrected chi connectivity index (χ4v) is 2.29. The van der Waals surface area contributed by atoms with Gasteiger partial charge in [0.05, 0.1) is 18.4 Å². The molecule has 0 bridgehead atoms. The van der Waals surface area contributed by atoms with E-state index >= 15 is 0 Å². The SMILES string of the molecule is COc1ccc(Cl)cc1-c1c(-c2ccccn2)noc1N. The lowest BCUT2D eigenvalue weighted by atomic mass is 10.0. The van der Waals surface area contributed by atoms with Gasteiger partial charge in [0.1, 0.15) is 11.4 Å². The molecule has 0 atom stereocenters. The number of nitrogens with zero attached hydrogens (tertiary/aromatic N) is 2. The minimum absolute atomic E-state index is 0.191. The van der Waals surface area contributed by atoms with Crippen molar-refractivity contribution in [1.82, 2.24) is 10.1 Å². The van der Waals surface area contributed by atoms with Gasteiger partial charge < -0.3 is 15.0 Å². The predicted octanol–water partition coefficient (Wildman–Crippen LogP) is 3.65. The van der Waals surface area contributed by atoms with Crippen molar-refractivity contribution in [1.29, 1.82) is 0 Å². The van der Waals surface area contributed by atoms with E-state index in [1.165, 1.54) is 0 Å². The molecule has 2 N–H and O–H groups in total. The second kappa shape index (κ2) is 5.46. The maximum Gasteiger partial charge on any atom is 0.230 e. The molecule has 0 fully saturated rings. The van der Waals surface area contributed by atoms with E-state index < -0.39 is 0 Å². The second-order valence-electron chi connectivity index (χ2n) is 4.33. The lowest BCUT2D eigenvalue weighted by Crippen LogP contribution is -1.93. The highest BCUT2D eigenvalue weighted by Gasteiger charge is 2.21. The van der Waals surface area contributed by atoms with Crippen molar-refractivity contribution in [3.8, 4) is 28.3 Å². The van der Waals surface area contributed by atoms with Gasteiger partial charge in [0, 0.05) is 16.8 Å². The Labute approximate surface area is 126 Å². The molecule has 0 saturated carbocycles. The molecule has 3 aromatic rings. The number of benzene rings is 1. The number of hydrogen-bond donors (Lipinski definition) is 1. The first-order chi connectivity index (χ1) is 10.2. The standard InChI is InChI=1S/C15H12ClN3O2/c1-20-12-6-5-9(16)8-10(12)13-14(19-21-15(13)17)11-4-2-3-7-18-11/h2-8H,17H2,1H3. The lowest BCUT2D eigenvalue weighted by Gasteiger charge is -2.09. The van der Waals surface area contributed by atoms with Crippen LogP contribution >= 0.6 is 11.6 Å². The minimum atomic E-state index is 0.191. The molecular weight excluding hydrogens is 290 g/mol. The molecule has 106 valence electrons. The molecule has 2 heterocycles. The summed E-state index contributed by atoms with van der Waals surface area (Å²) in [7, 11) is 1.58. The summed E-state index contributed by atoms with van der Waals surface area (Å²) >= 11 is 6.08. The first-order valence-corrected chi connectivity index (χ1v) is 6.59. The third-order valence-corrected chi connectivity index (χ3v) is 3.29. The van der Waals surface area contributed by atoms with Gasteiger partial charge in [-0.3, -0.25) is 4.98 Å². The number of halogens is 1. The lowest BCUT2D eigenvalue weighted by molar-refractivity contribution is 0.416. The summed E-state index contributed by atoms with van der Waals surface area (Å²) in [5, 5.41) is 4.57. The van der Waals surface area contributed by atoms with Gasteiger partial charge in [0.2, 0.25) is 5.88 Å². The van der Waals surface area contributed by atoms with Gasteiger partial charge in [0.25, 0.3) is 0 Å². The topological polar surface area (TPSA) is 74.2 Å². The molecule has 0 aliphatic heterocycles. The number of hydrogen-bond acceptors (Lipinski definition) is 5. The summed E-state index contributed by atoms with van der Waals surface area (Å²) in [4.78, 5) is 4.27. The minimum Gasteiger partial charge on any atom is -0.496 e. The maximum absolute atomic E-state index is 6.08. The van der Waals surface area contributed by atoms with Crippen LogP contribution in [0.25, 0.3) is 22.5 Å². The third-order valence-electron chi connectivity index (χ3n) is 3.06. The Balaban J connectivity index is 2.24. The van der Waals surface area contributed by atoms with Crippen LogP contribution in [0.2, 0.25) is 5.02 Å². The summed E-state index contributed by atoms with van der Waals surface area (Å²) in [5.74, 6) is 0.822. The average Bonchev–Trinajstić information content (AvgIpc) is 2.89. The molecule has 0 unspecified atom stereocenters. The summed E-state index contributed by atoms with van der Waals surface area (Å²) in [5.41, 5.74) is 8.47. The van der Waals surface area contributed by atoms with E-state index in [2.05, 4.69) is 10.1 Å². The fraction of sp³-hybridized carbons (Fsp3) is 0.0667. The fourth-order valence-electron chi connectivity index (χ4n) is 2.12. The normalized spacial score (nSPS) is 10.6. The Morgan fingerprint density at radius 1 is 1.24 bits per heavy atom. The molecule has 0 saturated heterocycles. The number of pyridine rings is 1. The molecule has 6 heteroatoms. The molecule has 21 heavy (non-hydrogen) atoms. The monoisotopic (exact) mass is 301 g/mol. The summed E-state index contributed by atoms with van der Waals surface area (Å²) < 4.78 is 10.5. The first kappa shape index (κ1) is 13.5. The third kappa shape index (κ3) is 2.43. The zero-order chi connectivity index (χ0) is 14.8. The van der Waals surface area contributed by atoms with E-state index in [1.807, 2.05) is 18.2 Å². The van der Waals surface area contributed by atoms with Crippen LogP contribution in [-0.4, -0.2) is 17.3 Å². The van der Waals surface area contributed by atoms with Crippen LogP contribution in [0.4, 0.5) is 5.88 Å². The van der Waals surface area contributed by atoms with Gasteiger partial charge in [-0.25, -0.2) is 0 Å². The molecule has 0 aliphatic carbocycles. The Bertz CT molecular complexity index is 772. The van der Waals surface area contributed by atoms with Crippen LogP contribution in [0.1, 0.15) is 0 Å². The van der Waals surface area contributed by atoms with Gasteiger partial charge in [-0.2, -0.15) is 0 Å². The zero-order valence-electron chi connectivity index (χ0n) is 11.2. The van der Waals surface area contributed by atoms with Gasteiger partial charge in [-0.1, -0.05) is 22.8 Å². The summed E-state index contributed by atoms with van der Waals surface area (Å²) in [6.45, 7) is 0. The summed E-state index contributed by atoms with van der Waals surface area (Å²) in [6, 6.07) is 10.8. The van der Waals surface area contributed by atoms with Crippen molar-refractivity contribution in [2.75, 3.05) is 12.8 Å². The molecular formula is C15H12ClN3O2. The van der Waals surface area contributed by atoms with Crippen molar-refractivity contribution in [3.63, 3.8) is 0 Å². The van der Waals surface area contributed by atoms with E-state index in [1.54, 1.807) is 31.5 Å². The van der Waals surface area contributed by atoms with Crippen LogP contribution in [0.5, 0.6) is 5.75 Å². The van der Waals surface area contributed by atoms with E-state index in [0.717, 1.165) is 0 Å². The Hall–Kier alpha value is -2.53. The van der Waals surface area contributed by atoms with Crippen LogP contribution < -0.4 is 10.5 Å². The zero-order valence-corrected chi connectivity index (χ0v) is 12.0. The van der Waals surface area contributed by atoms with Crippen LogP contribution in [-0.2, 0) is 0 Å². The molecule has 5 nitrogen and oxygen atoms in total. The van der Waals surface area contributed by atoms with Crippen LogP contribution in [0.15, 0.2) is 47.1 Å². The number of aromatic nitrogens is 2. The molecule has 0 aliphatic rings. The maximum atomic E-state index is 6.08. The molecule has 2 aromatic heterocycles. The first-order valence-electron chi connectivity index (χ1n) is 6.21. The van der Waals surface area contributed by atoms with E-state index in [0.29, 0.717) is 33.3 Å². The van der Waals surface area contributed by atoms with E-state index in [4.69, 9.17) is 26.6 Å². The Kier molecular flexibility index (Phi) is 3.50. The number of ether oxygens (including phenoxy) is 1. The Morgan fingerprint density at radius 2 is 2.10 bits per heavy atom. The molecule has 3 rings (SSSR count). The number of nitrogens with two attached hydrogens (primary N) is 1. The number of methoxy groups -OCH3 is 1. The van der Waals surface area contributed by atoms with Crippen LogP contribution in [0.3, 0.4) is 0 Å². The predicted molar refractivity (Wildman–Crippen MR) is 81.1 cm³/mol. The quantitative estimate of drug-likeness (QED) is 0.799. The van der Waals surface area contributed by atoms with Crippen molar-refractivity contribution in [2.45, 2.75) is 0 Å². The van der Waals surface area contributed by atoms with Gasteiger partial charge in [-0.05, 0) is 30.3 Å². The summed E-state index contributed by atoms with van der Waals surface area (Å²) in [6.07, 6.45) is 1.68. The molecule has 0 spiro atoms. The van der Waals surface area contributed by atoms with E-state index in [-0.39, 0.29) is 5.88 Å². The number of anilines is 1. The van der Waals surface area contributed by atoms with Crippen LogP contribution in [0, 0.1) is 0 Å². The molecule has 0 amide bonds. The van der Waals surface area contributed by atoms with Crippen molar-refractivity contribution >= 4 is 17.5 Å². The van der Waals surface area contributed by atoms with Crippen molar-refractivity contribution in [3.05, 3.63) is 47.6 Å². The number of rotatable bonds is 3. The van der Waals surface area contributed by atoms with Crippen molar-refractivity contribution < 1.29 is 9.26 Å². The Morgan fingerprint density at radius 3 is 2.81 bits per heavy atom. The van der Waals surface area contributed by atoms with Gasteiger partial charge >= 0.3 is 0 Å². The van der Waals surface area contributed by atoms with Gasteiger partial charge in [-0.15, -0.1) is 0 Å². The highest BCUT2D eigenvalue weighted by Crippen LogP contribution is 2.41.